The summed E-state index contributed by atoms with van der Waals surface area (Å²) in [7, 11) is 0. The highest BCUT2D eigenvalue weighted by Crippen LogP contribution is 2.33. The van der Waals surface area contributed by atoms with Gasteiger partial charge in [0, 0.05) is 38.9 Å². The third-order valence-corrected chi connectivity index (χ3v) is 5.54. The van der Waals surface area contributed by atoms with E-state index >= 15 is 0 Å². The van der Waals surface area contributed by atoms with Crippen LogP contribution in [0.5, 0.6) is 0 Å². The first-order valence-electron chi connectivity index (χ1n) is 9.40. The van der Waals surface area contributed by atoms with Gasteiger partial charge in [-0.2, -0.15) is 0 Å². The molecule has 2 fully saturated rings. The molecule has 1 aromatic carbocycles. The Bertz CT molecular complexity index is 744. The van der Waals surface area contributed by atoms with Crippen LogP contribution in [0.1, 0.15) is 36.9 Å². The van der Waals surface area contributed by atoms with E-state index in [-0.39, 0.29) is 18.2 Å². The third-order valence-electron chi connectivity index (χ3n) is 5.54. The summed E-state index contributed by atoms with van der Waals surface area (Å²) in [6.07, 6.45) is 5.55. The molecule has 2 aromatic rings. The number of likely N-dealkylation sites (tertiary alicyclic amines) is 1. The number of benzene rings is 1. The molecule has 3 heterocycles. The van der Waals surface area contributed by atoms with Crippen molar-refractivity contribution in [3.8, 4) is 0 Å². The zero-order chi connectivity index (χ0) is 18.0. The van der Waals surface area contributed by atoms with Crippen LogP contribution in [-0.2, 0) is 12.1 Å². The van der Waals surface area contributed by atoms with Crippen LogP contribution in [0, 0.1) is 5.82 Å². The van der Waals surface area contributed by atoms with Crippen molar-refractivity contribution in [3.05, 3.63) is 53.6 Å². The summed E-state index contributed by atoms with van der Waals surface area (Å²) in [5.74, 6) is 0.562. The molecule has 0 aliphatic carbocycles. The lowest BCUT2D eigenvalue weighted by Crippen LogP contribution is -2.42. The van der Waals surface area contributed by atoms with Crippen LogP contribution in [0.2, 0.25) is 0 Å². The van der Waals surface area contributed by atoms with Gasteiger partial charge in [-0.1, -0.05) is 12.1 Å². The molecule has 0 atom stereocenters. The number of aliphatic hydroxyl groups is 1. The van der Waals surface area contributed by atoms with E-state index in [0.29, 0.717) is 12.8 Å². The second kappa shape index (κ2) is 8.50. The van der Waals surface area contributed by atoms with E-state index in [1.54, 1.807) is 12.1 Å². The van der Waals surface area contributed by atoms with Gasteiger partial charge in [0.05, 0.1) is 11.3 Å². The SMILES string of the molecule is Cl.OC1(c2ccc(F)cc2)CCN(Cc2ccnc(N3CCCC3)n2)CC1. The van der Waals surface area contributed by atoms with Crippen molar-refractivity contribution >= 4 is 18.4 Å². The fraction of sp³-hybridized carbons (Fsp3) is 0.500. The average molecular weight is 393 g/mol. The first-order valence-corrected chi connectivity index (χ1v) is 9.40. The summed E-state index contributed by atoms with van der Waals surface area (Å²) in [5, 5.41) is 10.9. The lowest BCUT2D eigenvalue weighted by atomic mass is 9.84. The molecule has 4 rings (SSSR count). The molecule has 146 valence electrons. The zero-order valence-corrected chi connectivity index (χ0v) is 16.2. The maximum atomic E-state index is 13.1. The van der Waals surface area contributed by atoms with Gasteiger partial charge in [-0.3, -0.25) is 4.90 Å². The molecule has 0 bridgehead atoms. The smallest absolute Gasteiger partial charge is 0.225 e. The number of nitrogens with zero attached hydrogens (tertiary/aromatic N) is 4. The molecule has 0 radical (unpaired) electrons. The number of piperidine rings is 1. The Labute approximate surface area is 165 Å². The minimum atomic E-state index is -0.865. The van der Waals surface area contributed by atoms with E-state index in [4.69, 9.17) is 4.98 Å². The maximum absolute atomic E-state index is 13.1. The number of rotatable bonds is 4. The second-order valence-electron chi connectivity index (χ2n) is 7.36. The highest BCUT2D eigenvalue weighted by atomic mass is 35.5. The minimum absolute atomic E-state index is 0. The summed E-state index contributed by atoms with van der Waals surface area (Å²) in [6.45, 7) is 4.42. The molecule has 1 aromatic heterocycles. The predicted molar refractivity (Wildman–Crippen MR) is 106 cm³/mol. The van der Waals surface area contributed by atoms with Gasteiger partial charge < -0.3 is 10.0 Å². The molecular weight excluding hydrogens is 367 g/mol. The van der Waals surface area contributed by atoms with Gasteiger partial charge in [0.2, 0.25) is 5.95 Å². The van der Waals surface area contributed by atoms with Crippen molar-refractivity contribution in [2.45, 2.75) is 37.8 Å². The number of anilines is 1. The van der Waals surface area contributed by atoms with Gasteiger partial charge in [0.25, 0.3) is 0 Å². The highest BCUT2D eigenvalue weighted by Gasteiger charge is 2.34. The van der Waals surface area contributed by atoms with Gasteiger partial charge in [-0.05, 0) is 49.4 Å². The van der Waals surface area contributed by atoms with Crippen molar-refractivity contribution < 1.29 is 9.50 Å². The van der Waals surface area contributed by atoms with Crippen LogP contribution in [-0.4, -0.2) is 46.2 Å². The molecule has 0 unspecified atom stereocenters. The second-order valence-corrected chi connectivity index (χ2v) is 7.36. The average Bonchev–Trinajstić information content (AvgIpc) is 3.19. The number of halogens is 2. The van der Waals surface area contributed by atoms with Crippen molar-refractivity contribution in [1.29, 1.82) is 0 Å². The summed E-state index contributed by atoms with van der Waals surface area (Å²) in [6, 6.07) is 8.19. The Morgan fingerprint density at radius 3 is 2.33 bits per heavy atom. The molecule has 27 heavy (non-hydrogen) atoms. The van der Waals surface area contributed by atoms with Gasteiger partial charge >= 0.3 is 0 Å². The van der Waals surface area contributed by atoms with E-state index in [9.17, 15) is 9.50 Å². The number of aromatic nitrogens is 2. The Morgan fingerprint density at radius 1 is 1.00 bits per heavy atom. The van der Waals surface area contributed by atoms with Crippen molar-refractivity contribution in [2.75, 3.05) is 31.1 Å². The van der Waals surface area contributed by atoms with Crippen LogP contribution < -0.4 is 4.90 Å². The molecule has 5 nitrogen and oxygen atoms in total. The Kier molecular flexibility index (Phi) is 6.29. The van der Waals surface area contributed by atoms with Crippen LogP contribution in [0.3, 0.4) is 0 Å². The largest absolute Gasteiger partial charge is 0.385 e. The predicted octanol–water partition coefficient (Wildman–Crippen LogP) is 3.12. The van der Waals surface area contributed by atoms with Gasteiger partial charge in [0.1, 0.15) is 5.82 Å². The first-order chi connectivity index (χ1) is 12.6. The third kappa shape index (κ3) is 4.57. The fourth-order valence-corrected chi connectivity index (χ4v) is 3.90. The Morgan fingerprint density at radius 2 is 1.67 bits per heavy atom. The molecule has 2 saturated heterocycles. The van der Waals surface area contributed by atoms with Crippen molar-refractivity contribution in [3.63, 3.8) is 0 Å². The standard InChI is InChI=1S/C20H25FN4O.ClH/c21-17-5-3-16(4-6-17)20(26)8-13-24(14-9-20)15-18-7-10-22-19(23-18)25-11-1-2-12-25;/h3-7,10,26H,1-2,8-9,11-15H2;1H. The van der Waals surface area contributed by atoms with Crippen molar-refractivity contribution in [1.82, 2.24) is 14.9 Å². The lowest BCUT2D eigenvalue weighted by Gasteiger charge is -2.38. The zero-order valence-electron chi connectivity index (χ0n) is 15.4. The molecule has 0 amide bonds. The molecular formula is C20H26ClFN4O. The summed E-state index contributed by atoms with van der Waals surface area (Å²) in [4.78, 5) is 13.7. The monoisotopic (exact) mass is 392 g/mol. The first kappa shape index (κ1) is 20.0. The van der Waals surface area contributed by atoms with Crippen LogP contribution in [0.25, 0.3) is 0 Å². The molecule has 2 aliphatic heterocycles. The molecule has 0 spiro atoms. The molecule has 1 N–H and O–H groups in total. The quantitative estimate of drug-likeness (QED) is 0.866. The summed E-state index contributed by atoms with van der Waals surface area (Å²) < 4.78 is 13.1. The summed E-state index contributed by atoms with van der Waals surface area (Å²) >= 11 is 0. The topological polar surface area (TPSA) is 52.5 Å². The van der Waals surface area contributed by atoms with E-state index < -0.39 is 5.60 Å². The van der Waals surface area contributed by atoms with E-state index in [2.05, 4.69) is 14.8 Å². The minimum Gasteiger partial charge on any atom is -0.385 e. The van der Waals surface area contributed by atoms with Gasteiger partial charge in [-0.15, -0.1) is 12.4 Å². The normalized spacial score (nSPS) is 19.7. The van der Waals surface area contributed by atoms with Crippen molar-refractivity contribution in [2.24, 2.45) is 0 Å². The number of hydrogen-bond donors (Lipinski definition) is 1. The van der Waals surface area contributed by atoms with Crippen LogP contribution in [0.15, 0.2) is 36.5 Å². The van der Waals surface area contributed by atoms with Crippen LogP contribution >= 0.6 is 12.4 Å². The Balaban J connectivity index is 0.00000210. The molecule has 7 heteroatoms. The fourth-order valence-electron chi connectivity index (χ4n) is 3.90. The molecule has 2 aliphatic rings. The van der Waals surface area contributed by atoms with E-state index in [0.717, 1.165) is 49.9 Å². The lowest BCUT2D eigenvalue weighted by molar-refractivity contribution is -0.0280. The van der Waals surface area contributed by atoms with Gasteiger partial charge in [-0.25, -0.2) is 14.4 Å². The summed E-state index contributed by atoms with van der Waals surface area (Å²) in [5.41, 5.74) is 0.961. The van der Waals surface area contributed by atoms with E-state index in [1.165, 1.54) is 25.0 Å². The number of hydrogen-bond acceptors (Lipinski definition) is 5. The van der Waals surface area contributed by atoms with E-state index in [1.807, 2.05) is 12.3 Å². The molecule has 0 saturated carbocycles. The van der Waals surface area contributed by atoms with Crippen LogP contribution in [0.4, 0.5) is 10.3 Å². The maximum Gasteiger partial charge on any atom is 0.225 e. The van der Waals surface area contributed by atoms with Gasteiger partial charge in [0.15, 0.2) is 0 Å². The highest BCUT2D eigenvalue weighted by molar-refractivity contribution is 5.85. The Hall–Kier alpha value is -1.76.